The van der Waals surface area contributed by atoms with Gasteiger partial charge in [0.2, 0.25) is 0 Å². The highest BCUT2D eigenvalue weighted by Crippen LogP contribution is 2.23. The molecule has 1 amide bonds. The van der Waals surface area contributed by atoms with Crippen LogP contribution < -0.4 is 15.4 Å². The molecule has 0 saturated carbocycles. The van der Waals surface area contributed by atoms with E-state index in [4.69, 9.17) is 10.5 Å². The molecule has 0 aliphatic heterocycles. The van der Waals surface area contributed by atoms with Crippen LogP contribution in [0.5, 0.6) is 5.75 Å². The smallest absolute Gasteiger partial charge is 0.261 e. The van der Waals surface area contributed by atoms with Gasteiger partial charge in [0.15, 0.2) is 0 Å². The lowest BCUT2D eigenvalue weighted by Crippen LogP contribution is -2.26. The van der Waals surface area contributed by atoms with Gasteiger partial charge < -0.3 is 15.4 Å². The molecule has 4 heteroatoms. The predicted octanol–water partition coefficient (Wildman–Crippen LogP) is 2.94. The maximum atomic E-state index is 12.5. The summed E-state index contributed by atoms with van der Waals surface area (Å²) in [4.78, 5) is 14.1. The Labute approximate surface area is 118 Å². The molecule has 20 heavy (non-hydrogen) atoms. The van der Waals surface area contributed by atoms with E-state index in [1.807, 2.05) is 31.2 Å². The molecule has 0 atom stereocenters. The number of carbonyl (C=O) groups excluding carboxylic acids is 1. The quantitative estimate of drug-likeness (QED) is 0.869. The fraction of sp³-hybridized carbons (Fsp3) is 0.188. The summed E-state index contributed by atoms with van der Waals surface area (Å²) in [6.07, 6.45) is 0. The number of ether oxygens (including phenoxy) is 1. The Morgan fingerprint density at radius 2 is 1.80 bits per heavy atom. The highest BCUT2D eigenvalue weighted by molar-refractivity contribution is 6.07. The molecule has 4 nitrogen and oxygen atoms in total. The van der Waals surface area contributed by atoms with E-state index in [1.165, 1.54) is 0 Å². The normalized spacial score (nSPS) is 10.1. The van der Waals surface area contributed by atoms with Gasteiger partial charge in [-0.05, 0) is 43.3 Å². The number of nitrogens with zero attached hydrogens (tertiary/aromatic N) is 1. The number of nitrogen functional groups attached to an aromatic ring is 1. The first-order valence-corrected chi connectivity index (χ1v) is 6.49. The van der Waals surface area contributed by atoms with Crippen LogP contribution in [0.15, 0.2) is 48.5 Å². The van der Waals surface area contributed by atoms with Gasteiger partial charge >= 0.3 is 0 Å². The molecule has 0 radical (unpaired) electrons. The summed E-state index contributed by atoms with van der Waals surface area (Å²) in [6.45, 7) is 2.42. The predicted molar refractivity (Wildman–Crippen MR) is 81.2 cm³/mol. The van der Waals surface area contributed by atoms with E-state index in [2.05, 4.69) is 0 Å². The Morgan fingerprint density at radius 1 is 1.15 bits per heavy atom. The second kappa shape index (κ2) is 6.10. The summed E-state index contributed by atoms with van der Waals surface area (Å²) in [5, 5.41) is 0. The minimum absolute atomic E-state index is 0.112. The molecule has 0 aliphatic rings. The molecule has 0 aliphatic carbocycles. The molecule has 2 aromatic carbocycles. The largest absolute Gasteiger partial charge is 0.493 e. The summed E-state index contributed by atoms with van der Waals surface area (Å²) in [6, 6.07) is 14.4. The molecular formula is C16H18N2O2. The standard InChI is InChI=1S/C16H18N2O2/c1-3-20-15-7-5-4-6-14(15)16(19)18(2)13-10-8-12(17)9-11-13/h4-11H,3,17H2,1-2H3. The summed E-state index contributed by atoms with van der Waals surface area (Å²) < 4.78 is 5.50. The molecule has 104 valence electrons. The van der Waals surface area contributed by atoms with Crippen molar-refractivity contribution in [2.75, 3.05) is 24.3 Å². The van der Waals surface area contributed by atoms with Gasteiger partial charge in [-0.2, -0.15) is 0 Å². The first-order valence-electron chi connectivity index (χ1n) is 6.49. The first-order chi connectivity index (χ1) is 9.63. The second-order valence-electron chi connectivity index (χ2n) is 4.38. The van der Waals surface area contributed by atoms with Crippen LogP contribution in [0, 0.1) is 0 Å². The Hall–Kier alpha value is -2.49. The Bertz CT molecular complexity index is 594. The van der Waals surface area contributed by atoms with Crippen molar-refractivity contribution >= 4 is 17.3 Å². The van der Waals surface area contributed by atoms with Crippen LogP contribution in [0.3, 0.4) is 0 Å². The number of anilines is 2. The van der Waals surface area contributed by atoms with Crippen LogP contribution in [0.2, 0.25) is 0 Å². The van der Waals surface area contributed by atoms with Crippen LogP contribution in [0.25, 0.3) is 0 Å². The van der Waals surface area contributed by atoms with E-state index in [0.29, 0.717) is 23.6 Å². The van der Waals surface area contributed by atoms with Crippen molar-refractivity contribution in [3.8, 4) is 5.75 Å². The van der Waals surface area contributed by atoms with E-state index >= 15 is 0 Å². The number of nitrogens with two attached hydrogens (primary N) is 1. The van der Waals surface area contributed by atoms with Crippen LogP contribution >= 0.6 is 0 Å². The minimum atomic E-state index is -0.112. The van der Waals surface area contributed by atoms with Crippen molar-refractivity contribution in [2.24, 2.45) is 0 Å². The summed E-state index contributed by atoms with van der Waals surface area (Å²) >= 11 is 0. The number of hydrogen-bond donors (Lipinski definition) is 1. The molecular weight excluding hydrogens is 252 g/mol. The number of amides is 1. The molecule has 0 bridgehead atoms. The van der Waals surface area contributed by atoms with E-state index < -0.39 is 0 Å². The number of hydrogen-bond acceptors (Lipinski definition) is 3. The van der Waals surface area contributed by atoms with Crippen molar-refractivity contribution < 1.29 is 9.53 Å². The summed E-state index contributed by atoms with van der Waals surface area (Å²) in [5.41, 5.74) is 7.66. The lowest BCUT2D eigenvalue weighted by molar-refractivity contribution is 0.0989. The number of carbonyl (C=O) groups is 1. The van der Waals surface area contributed by atoms with E-state index in [1.54, 1.807) is 36.2 Å². The Morgan fingerprint density at radius 3 is 2.45 bits per heavy atom. The molecule has 0 aromatic heterocycles. The third kappa shape index (κ3) is 2.91. The topological polar surface area (TPSA) is 55.6 Å². The zero-order valence-corrected chi connectivity index (χ0v) is 11.7. The fourth-order valence-electron chi connectivity index (χ4n) is 1.92. The molecule has 0 unspecified atom stereocenters. The third-order valence-corrected chi connectivity index (χ3v) is 3.00. The lowest BCUT2D eigenvalue weighted by Gasteiger charge is -2.19. The highest BCUT2D eigenvalue weighted by Gasteiger charge is 2.17. The summed E-state index contributed by atoms with van der Waals surface area (Å²) in [5.74, 6) is 0.487. The average Bonchev–Trinajstić information content (AvgIpc) is 2.47. The highest BCUT2D eigenvalue weighted by atomic mass is 16.5. The lowest BCUT2D eigenvalue weighted by atomic mass is 10.1. The fourth-order valence-corrected chi connectivity index (χ4v) is 1.92. The van der Waals surface area contributed by atoms with Crippen molar-refractivity contribution in [3.63, 3.8) is 0 Å². The van der Waals surface area contributed by atoms with Gasteiger partial charge in [0.25, 0.3) is 5.91 Å². The summed E-state index contributed by atoms with van der Waals surface area (Å²) in [7, 11) is 1.73. The van der Waals surface area contributed by atoms with Crippen LogP contribution in [0.1, 0.15) is 17.3 Å². The zero-order valence-electron chi connectivity index (χ0n) is 11.7. The van der Waals surface area contributed by atoms with E-state index in [0.717, 1.165) is 5.69 Å². The van der Waals surface area contributed by atoms with Crippen molar-refractivity contribution in [3.05, 3.63) is 54.1 Å². The molecule has 0 spiro atoms. The van der Waals surface area contributed by atoms with Crippen LogP contribution in [-0.2, 0) is 0 Å². The molecule has 0 heterocycles. The van der Waals surface area contributed by atoms with Crippen molar-refractivity contribution in [2.45, 2.75) is 6.92 Å². The number of rotatable bonds is 4. The first kappa shape index (κ1) is 13.9. The average molecular weight is 270 g/mol. The van der Waals surface area contributed by atoms with Gasteiger partial charge in [-0.3, -0.25) is 4.79 Å². The number of para-hydroxylation sites is 1. The Kier molecular flexibility index (Phi) is 4.25. The van der Waals surface area contributed by atoms with Crippen molar-refractivity contribution in [1.82, 2.24) is 0 Å². The SMILES string of the molecule is CCOc1ccccc1C(=O)N(C)c1ccc(N)cc1. The van der Waals surface area contributed by atoms with Gasteiger partial charge in [0, 0.05) is 18.4 Å². The maximum absolute atomic E-state index is 12.5. The monoisotopic (exact) mass is 270 g/mol. The Balaban J connectivity index is 2.29. The molecule has 0 fully saturated rings. The van der Waals surface area contributed by atoms with Crippen LogP contribution in [0.4, 0.5) is 11.4 Å². The molecule has 2 rings (SSSR count). The minimum Gasteiger partial charge on any atom is -0.493 e. The maximum Gasteiger partial charge on any atom is 0.261 e. The molecule has 0 saturated heterocycles. The number of benzene rings is 2. The molecule has 2 aromatic rings. The van der Waals surface area contributed by atoms with Gasteiger partial charge in [-0.1, -0.05) is 12.1 Å². The van der Waals surface area contributed by atoms with Gasteiger partial charge in [-0.15, -0.1) is 0 Å². The van der Waals surface area contributed by atoms with E-state index in [-0.39, 0.29) is 5.91 Å². The molecule has 2 N–H and O–H groups in total. The third-order valence-electron chi connectivity index (χ3n) is 3.00. The van der Waals surface area contributed by atoms with Crippen LogP contribution in [-0.4, -0.2) is 19.6 Å². The van der Waals surface area contributed by atoms with Crippen molar-refractivity contribution in [1.29, 1.82) is 0 Å². The zero-order chi connectivity index (χ0) is 14.5. The van der Waals surface area contributed by atoms with Gasteiger partial charge in [-0.25, -0.2) is 0 Å². The second-order valence-corrected chi connectivity index (χ2v) is 4.38. The van der Waals surface area contributed by atoms with Gasteiger partial charge in [0.1, 0.15) is 5.75 Å². The van der Waals surface area contributed by atoms with Gasteiger partial charge in [0.05, 0.1) is 12.2 Å². The van der Waals surface area contributed by atoms with E-state index in [9.17, 15) is 4.79 Å².